The first-order chi connectivity index (χ1) is 21.2. The molecule has 260 valence electrons. The van der Waals surface area contributed by atoms with Gasteiger partial charge < -0.3 is 26.0 Å². The highest BCUT2D eigenvalue weighted by atomic mass is 35.5. The molecule has 9 nitrogen and oxygen atoms in total. The van der Waals surface area contributed by atoms with Crippen LogP contribution >= 0.6 is 37.2 Å². The molecule has 0 radical (unpaired) electrons. The van der Waals surface area contributed by atoms with E-state index in [0.717, 1.165) is 56.2 Å². The lowest BCUT2D eigenvalue weighted by Gasteiger charge is -2.47. The molecular weight excluding hydrogens is 645 g/mol. The Morgan fingerprint density at radius 3 is 2.37 bits per heavy atom. The van der Waals surface area contributed by atoms with Crippen molar-refractivity contribution < 1.29 is 9.53 Å². The summed E-state index contributed by atoms with van der Waals surface area (Å²) in [5.41, 5.74) is 7.36. The molecule has 3 aliphatic rings. The van der Waals surface area contributed by atoms with E-state index in [0.29, 0.717) is 38.3 Å². The second-order valence-electron chi connectivity index (χ2n) is 12.6. The summed E-state index contributed by atoms with van der Waals surface area (Å²) in [4.78, 5) is 27.6. The molecule has 3 fully saturated rings. The predicted molar refractivity (Wildman–Crippen MR) is 195 cm³/mol. The molecule has 2 aromatic rings. The van der Waals surface area contributed by atoms with Crippen LogP contribution in [0.1, 0.15) is 89.0 Å². The van der Waals surface area contributed by atoms with Gasteiger partial charge >= 0.3 is 0 Å². The molecule has 0 spiro atoms. The fourth-order valence-electron chi connectivity index (χ4n) is 7.12. The number of benzene rings is 1. The summed E-state index contributed by atoms with van der Waals surface area (Å²) in [5.74, 6) is 1.66. The lowest BCUT2D eigenvalue weighted by Crippen LogP contribution is -2.56. The number of halogens is 3. The van der Waals surface area contributed by atoms with Crippen molar-refractivity contribution in [2.75, 3.05) is 43.0 Å². The van der Waals surface area contributed by atoms with Crippen LogP contribution in [0.25, 0.3) is 0 Å². The standard InChI is InChI=1S/C34H53N7O2.3ClH/c35-29(19-25-43-26-27-12-5-3-6-13-27)33(42)36-20-17-31-30(16-11-24-41(31)28-14-7-4-8-15-28)38-34-37-21-18-32(39-34)40-22-9-1-2-10-23-40;;;/h3,5-6,12-13,18,21,28-31H,1-2,4,7-11,14-17,19-20,22-26,35H2,(H,36,42)(H,37,38,39);3*1H/t29-,30?,31?;;;/m1.../s1. The van der Waals surface area contributed by atoms with Gasteiger partial charge in [0, 0.05) is 50.6 Å². The van der Waals surface area contributed by atoms with Crippen LogP contribution < -0.4 is 21.3 Å². The van der Waals surface area contributed by atoms with Crippen LogP contribution in [0.3, 0.4) is 0 Å². The summed E-state index contributed by atoms with van der Waals surface area (Å²) in [6.07, 6.45) is 17.1. The highest BCUT2D eigenvalue weighted by Gasteiger charge is 2.36. The maximum absolute atomic E-state index is 12.9. The number of rotatable bonds is 13. The largest absolute Gasteiger partial charge is 0.377 e. The SMILES string of the molecule is Cl.Cl.Cl.N[C@H](CCOCc1ccccc1)C(=O)NCCC1C(Nc2nccc(N3CCCCCC3)n2)CCCN1C1CCCCC1. The molecule has 12 heteroatoms. The molecule has 1 aromatic heterocycles. The van der Waals surface area contributed by atoms with Gasteiger partial charge in [0.15, 0.2) is 0 Å². The average Bonchev–Trinajstić information content (AvgIpc) is 3.34. The number of nitrogens with one attached hydrogen (secondary N) is 2. The van der Waals surface area contributed by atoms with Gasteiger partial charge in [-0.25, -0.2) is 4.98 Å². The Morgan fingerprint density at radius 1 is 0.913 bits per heavy atom. The van der Waals surface area contributed by atoms with Crippen molar-refractivity contribution in [3.05, 3.63) is 48.2 Å². The van der Waals surface area contributed by atoms with Crippen molar-refractivity contribution in [2.24, 2.45) is 5.73 Å². The maximum atomic E-state index is 12.9. The summed E-state index contributed by atoms with van der Waals surface area (Å²) in [6, 6.07) is 12.7. The quantitative estimate of drug-likeness (QED) is 0.214. The number of hydrogen-bond acceptors (Lipinski definition) is 8. The first-order valence-corrected chi connectivity index (χ1v) is 16.9. The topological polar surface area (TPSA) is 109 Å². The maximum Gasteiger partial charge on any atom is 0.237 e. The van der Waals surface area contributed by atoms with Gasteiger partial charge in [-0.15, -0.1) is 37.2 Å². The third kappa shape index (κ3) is 12.3. The van der Waals surface area contributed by atoms with Crippen molar-refractivity contribution in [1.29, 1.82) is 0 Å². The molecule has 1 amide bonds. The Labute approximate surface area is 294 Å². The van der Waals surface area contributed by atoms with Crippen molar-refractivity contribution in [3.63, 3.8) is 0 Å². The van der Waals surface area contributed by atoms with E-state index in [-0.39, 0.29) is 49.2 Å². The second kappa shape index (κ2) is 21.9. The third-order valence-electron chi connectivity index (χ3n) is 9.51. The van der Waals surface area contributed by atoms with Gasteiger partial charge in [-0.3, -0.25) is 9.69 Å². The lowest BCUT2D eigenvalue weighted by molar-refractivity contribution is -0.122. The van der Waals surface area contributed by atoms with E-state index in [2.05, 4.69) is 31.5 Å². The van der Waals surface area contributed by atoms with Gasteiger partial charge in [-0.05, 0) is 69.5 Å². The molecule has 3 heterocycles. The van der Waals surface area contributed by atoms with E-state index >= 15 is 0 Å². The van der Waals surface area contributed by atoms with Crippen molar-refractivity contribution in [1.82, 2.24) is 20.2 Å². The number of carbonyl (C=O) groups is 1. The number of hydrogen-bond donors (Lipinski definition) is 3. The molecule has 2 aliphatic heterocycles. The van der Waals surface area contributed by atoms with Crippen molar-refractivity contribution in [3.8, 4) is 0 Å². The van der Waals surface area contributed by atoms with Crippen LogP contribution in [-0.2, 0) is 16.1 Å². The number of nitrogens with zero attached hydrogens (tertiary/aromatic N) is 4. The molecule has 46 heavy (non-hydrogen) atoms. The Morgan fingerprint density at radius 2 is 1.63 bits per heavy atom. The highest BCUT2D eigenvalue weighted by molar-refractivity contribution is 5.86. The van der Waals surface area contributed by atoms with Crippen LogP contribution in [0.2, 0.25) is 0 Å². The number of amides is 1. The van der Waals surface area contributed by atoms with E-state index < -0.39 is 6.04 Å². The molecule has 1 saturated carbocycles. The zero-order valence-electron chi connectivity index (χ0n) is 27.2. The van der Waals surface area contributed by atoms with Crippen molar-refractivity contribution >= 4 is 54.9 Å². The summed E-state index contributed by atoms with van der Waals surface area (Å²) in [5, 5.41) is 6.90. The van der Waals surface area contributed by atoms with Gasteiger partial charge in [0.2, 0.25) is 11.9 Å². The Hall–Kier alpha value is -1.88. The van der Waals surface area contributed by atoms with Gasteiger partial charge in [0.25, 0.3) is 0 Å². The number of anilines is 2. The minimum absolute atomic E-state index is 0. The van der Waals surface area contributed by atoms with Gasteiger partial charge in [-0.2, -0.15) is 4.98 Å². The first kappa shape index (κ1) is 40.3. The summed E-state index contributed by atoms with van der Waals surface area (Å²) in [7, 11) is 0. The third-order valence-corrected chi connectivity index (χ3v) is 9.51. The number of nitrogens with two attached hydrogens (primary N) is 1. The number of carbonyl (C=O) groups excluding carboxylic acids is 1. The zero-order chi connectivity index (χ0) is 29.7. The molecule has 5 rings (SSSR count). The van der Waals surface area contributed by atoms with E-state index in [9.17, 15) is 4.79 Å². The highest BCUT2D eigenvalue weighted by Crippen LogP contribution is 2.31. The monoisotopic (exact) mass is 699 g/mol. The number of piperidine rings is 1. The predicted octanol–water partition coefficient (Wildman–Crippen LogP) is 6.14. The van der Waals surface area contributed by atoms with Crippen LogP contribution in [0, 0.1) is 0 Å². The zero-order valence-corrected chi connectivity index (χ0v) is 29.6. The minimum Gasteiger partial charge on any atom is -0.377 e. The minimum atomic E-state index is -0.569. The smallest absolute Gasteiger partial charge is 0.237 e. The van der Waals surface area contributed by atoms with Gasteiger partial charge in [0.05, 0.1) is 12.6 Å². The average molecular weight is 701 g/mol. The van der Waals surface area contributed by atoms with Crippen LogP contribution in [0.15, 0.2) is 42.6 Å². The molecule has 0 bridgehead atoms. The Balaban J connectivity index is 0.00000245. The molecular formula is C34H56Cl3N7O2. The van der Waals surface area contributed by atoms with Crippen LogP contribution in [0.5, 0.6) is 0 Å². The van der Waals surface area contributed by atoms with E-state index in [1.807, 2.05) is 36.5 Å². The van der Waals surface area contributed by atoms with Crippen LogP contribution in [-0.4, -0.2) is 77.7 Å². The second-order valence-corrected chi connectivity index (χ2v) is 12.6. The molecule has 2 unspecified atom stereocenters. The van der Waals surface area contributed by atoms with Crippen LogP contribution in [0.4, 0.5) is 11.8 Å². The fourth-order valence-corrected chi connectivity index (χ4v) is 7.12. The van der Waals surface area contributed by atoms with Crippen molar-refractivity contribution in [2.45, 2.75) is 114 Å². The van der Waals surface area contributed by atoms with E-state index in [1.165, 1.54) is 57.8 Å². The summed E-state index contributed by atoms with van der Waals surface area (Å²) >= 11 is 0. The molecule has 1 aromatic carbocycles. The summed E-state index contributed by atoms with van der Waals surface area (Å²) in [6.45, 7) is 4.86. The lowest BCUT2D eigenvalue weighted by atomic mass is 9.87. The molecule has 2 saturated heterocycles. The van der Waals surface area contributed by atoms with E-state index in [4.69, 9.17) is 15.5 Å². The summed E-state index contributed by atoms with van der Waals surface area (Å²) < 4.78 is 5.76. The normalized spacial score (nSPS) is 21.5. The Bertz CT molecular complexity index is 1110. The number of likely N-dealkylation sites (tertiary alicyclic amines) is 1. The Kier molecular flexibility index (Phi) is 19.2. The van der Waals surface area contributed by atoms with Gasteiger partial charge in [0.1, 0.15) is 5.82 Å². The molecule has 1 aliphatic carbocycles. The number of aromatic nitrogens is 2. The molecule has 4 N–H and O–H groups in total. The van der Waals surface area contributed by atoms with Gasteiger partial charge in [-0.1, -0.05) is 62.4 Å². The fraction of sp³-hybridized carbons (Fsp3) is 0.676. The first-order valence-electron chi connectivity index (χ1n) is 16.9. The molecule has 3 atom stereocenters. The van der Waals surface area contributed by atoms with E-state index in [1.54, 1.807) is 0 Å². The number of ether oxygens (including phenoxy) is 1.